The van der Waals surface area contributed by atoms with E-state index in [1.165, 1.54) is 19.3 Å². The Kier molecular flexibility index (Phi) is 6.33. The van der Waals surface area contributed by atoms with Crippen molar-refractivity contribution in [3.8, 4) is 0 Å². The summed E-state index contributed by atoms with van der Waals surface area (Å²) in [5.41, 5.74) is 3.22. The molecule has 1 fully saturated rings. The zero-order valence-electron chi connectivity index (χ0n) is 12.2. The first-order valence-electron chi connectivity index (χ1n) is 7.45. The van der Waals surface area contributed by atoms with Crippen LogP contribution in [-0.4, -0.2) is 10.9 Å². The number of hydrogen-bond acceptors (Lipinski definition) is 3. The van der Waals surface area contributed by atoms with Gasteiger partial charge in [-0.1, -0.05) is 48.0 Å². The fraction of sp³-hybridized carbons (Fsp3) is 0.278. The second-order valence-corrected chi connectivity index (χ2v) is 5.08. The van der Waals surface area contributed by atoms with E-state index in [0.717, 1.165) is 29.9 Å². The Bertz CT molecular complexity index is 492. The van der Waals surface area contributed by atoms with Crippen molar-refractivity contribution in [2.24, 2.45) is 5.16 Å². The van der Waals surface area contributed by atoms with Gasteiger partial charge in [-0.3, -0.25) is 0 Å². The van der Waals surface area contributed by atoms with Crippen LogP contribution in [0, 0.1) is 0 Å². The third kappa shape index (κ3) is 5.69. The molecule has 2 N–H and O–H groups in total. The first-order valence-corrected chi connectivity index (χ1v) is 7.45. The Morgan fingerprint density at radius 2 is 1.19 bits per heavy atom. The lowest BCUT2D eigenvalue weighted by molar-refractivity contribution is 0.314. The van der Waals surface area contributed by atoms with Crippen LogP contribution in [0.15, 0.2) is 65.8 Å². The van der Waals surface area contributed by atoms with Crippen LogP contribution in [-0.2, 0) is 0 Å². The van der Waals surface area contributed by atoms with Gasteiger partial charge in [0, 0.05) is 11.4 Å². The first-order chi connectivity index (χ1) is 10.4. The third-order valence-corrected chi connectivity index (χ3v) is 3.41. The van der Waals surface area contributed by atoms with Crippen molar-refractivity contribution in [3.63, 3.8) is 0 Å². The molecular formula is C18H22N2O. The number of oxime groups is 1. The quantitative estimate of drug-likeness (QED) is 0.586. The second kappa shape index (κ2) is 8.80. The van der Waals surface area contributed by atoms with Crippen LogP contribution in [0.3, 0.4) is 0 Å². The van der Waals surface area contributed by atoms with Crippen molar-refractivity contribution >= 4 is 17.1 Å². The van der Waals surface area contributed by atoms with Crippen LogP contribution in [0.5, 0.6) is 0 Å². The summed E-state index contributed by atoms with van der Waals surface area (Å²) in [6, 6.07) is 20.3. The van der Waals surface area contributed by atoms with Gasteiger partial charge in [-0.2, -0.15) is 0 Å². The zero-order valence-corrected chi connectivity index (χ0v) is 12.2. The van der Waals surface area contributed by atoms with E-state index in [-0.39, 0.29) is 0 Å². The lowest BCUT2D eigenvalue weighted by Gasteiger charge is -2.08. The Morgan fingerprint density at radius 1 is 0.714 bits per heavy atom. The second-order valence-electron chi connectivity index (χ2n) is 5.08. The number of anilines is 2. The summed E-state index contributed by atoms with van der Waals surface area (Å²) < 4.78 is 0. The minimum absolute atomic E-state index is 0.983. The van der Waals surface area contributed by atoms with Crippen LogP contribution in [0.1, 0.15) is 32.1 Å². The molecule has 0 atom stereocenters. The van der Waals surface area contributed by atoms with Gasteiger partial charge in [0.1, 0.15) is 0 Å². The molecule has 2 aromatic carbocycles. The molecule has 0 unspecified atom stereocenters. The predicted octanol–water partition coefficient (Wildman–Crippen LogP) is 5.21. The van der Waals surface area contributed by atoms with Crippen molar-refractivity contribution in [2.75, 3.05) is 5.32 Å². The summed E-state index contributed by atoms with van der Waals surface area (Å²) in [5, 5.41) is 14.7. The molecule has 0 aliphatic heterocycles. The van der Waals surface area contributed by atoms with E-state index in [9.17, 15) is 0 Å². The average Bonchev–Trinajstić information content (AvgIpc) is 2.58. The fourth-order valence-corrected chi connectivity index (χ4v) is 2.27. The van der Waals surface area contributed by atoms with Gasteiger partial charge in [-0.25, -0.2) is 0 Å². The highest BCUT2D eigenvalue weighted by Crippen LogP contribution is 2.14. The van der Waals surface area contributed by atoms with Crippen LogP contribution in [0.2, 0.25) is 0 Å². The van der Waals surface area contributed by atoms with Crippen molar-refractivity contribution < 1.29 is 5.21 Å². The van der Waals surface area contributed by atoms with Crippen LogP contribution in [0.25, 0.3) is 0 Å². The van der Waals surface area contributed by atoms with Crippen molar-refractivity contribution in [3.05, 3.63) is 60.7 Å². The minimum atomic E-state index is 0.983. The molecule has 3 nitrogen and oxygen atoms in total. The predicted molar refractivity (Wildman–Crippen MR) is 88.5 cm³/mol. The van der Waals surface area contributed by atoms with Gasteiger partial charge in [-0.15, -0.1) is 0 Å². The molecule has 1 aliphatic rings. The summed E-state index contributed by atoms with van der Waals surface area (Å²) in [7, 11) is 0. The van der Waals surface area contributed by atoms with Gasteiger partial charge >= 0.3 is 0 Å². The minimum Gasteiger partial charge on any atom is -0.411 e. The van der Waals surface area contributed by atoms with Crippen molar-refractivity contribution in [2.45, 2.75) is 32.1 Å². The summed E-state index contributed by atoms with van der Waals surface area (Å²) >= 11 is 0. The highest BCUT2D eigenvalue weighted by molar-refractivity contribution is 5.84. The Labute approximate surface area is 126 Å². The molecule has 1 aliphatic carbocycles. The maximum atomic E-state index is 8.28. The van der Waals surface area contributed by atoms with E-state index in [4.69, 9.17) is 5.21 Å². The van der Waals surface area contributed by atoms with Crippen molar-refractivity contribution in [1.82, 2.24) is 0 Å². The monoisotopic (exact) mass is 282 g/mol. The van der Waals surface area contributed by atoms with Crippen LogP contribution in [0.4, 0.5) is 11.4 Å². The molecule has 3 rings (SSSR count). The summed E-state index contributed by atoms with van der Waals surface area (Å²) in [5.74, 6) is 0. The lowest BCUT2D eigenvalue weighted by Crippen LogP contribution is -2.03. The van der Waals surface area contributed by atoms with E-state index in [1.54, 1.807) is 0 Å². The Hall–Kier alpha value is -2.29. The number of rotatable bonds is 2. The van der Waals surface area contributed by atoms with Crippen LogP contribution >= 0.6 is 0 Å². The lowest BCUT2D eigenvalue weighted by atomic mass is 9.99. The molecule has 2 aromatic rings. The Balaban J connectivity index is 0.000000173. The molecule has 0 saturated heterocycles. The molecule has 0 aromatic heterocycles. The molecule has 21 heavy (non-hydrogen) atoms. The molecule has 110 valence electrons. The highest BCUT2D eigenvalue weighted by atomic mass is 16.4. The van der Waals surface area contributed by atoms with Crippen LogP contribution < -0.4 is 5.32 Å². The maximum absolute atomic E-state index is 8.28. The molecule has 0 spiro atoms. The highest BCUT2D eigenvalue weighted by Gasteiger charge is 2.05. The maximum Gasteiger partial charge on any atom is 0.0570 e. The van der Waals surface area contributed by atoms with Gasteiger partial charge in [-0.05, 0) is 49.9 Å². The van der Waals surface area contributed by atoms with Gasteiger partial charge in [0.25, 0.3) is 0 Å². The Morgan fingerprint density at radius 3 is 1.57 bits per heavy atom. The number of para-hydroxylation sites is 2. The number of hydrogen-bond donors (Lipinski definition) is 2. The zero-order chi connectivity index (χ0) is 14.8. The summed E-state index contributed by atoms with van der Waals surface area (Å²) in [6.07, 6.45) is 5.74. The van der Waals surface area contributed by atoms with Gasteiger partial charge < -0.3 is 10.5 Å². The molecule has 0 amide bonds. The smallest absolute Gasteiger partial charge is 0.0570 e. The molecule has 0 radical (unpaired) electrons. The first kappa shape index (κ1) is 15.1. The van der Waals surface area contributed by atoms with E-state index < -0.39 is 0 Å². The van der Waals surface area contributed by atoms with E-state index in [1.807, 2.05) is 60.7 Å². The summed E-state index contributed by atoms with van der Waals surface area (Å²) in [6.45, 7) is 0. The standard InChI is InChI=1S/C12H11N.C6H11NO/c1-3-7-11(8-4-1)13-12-9-5-2-6-10-12;8-7-6-4-2-1-3-5-6/h1-10,13H;8H,1-5H2. The molecule has 0 heterocycles. The van der Waals surface area contributed by atoms with Gasteiger partial charge in [0.15, 0.2) is 0 Å². The molecule has 3 heteroatoms. The van der Waals surface area contributed by atoms with E-state index in [0.29, 0.717) is 0 Å². The third-order valence-electron chi connectivity index (χ3n) is 3.41. The topological polar surface area (TPSA) is 44.6 Å². The SMILES string of the molecule is ON=C1CCCCC1.c1ccc(Nc2ccccc2)cc1. The van der Waals surface area contributed by atoms with Crippen molar-refractivity contribution in [1.29, 1.82) is 0 Å². The number of nitrogens with zero attached hydrogens (tertiary/aromatic N) is 1. The fourth-order valence-electron chi connectivity index (χ4n) is 2.27. The molecular weight excluding hydrogens is 260 g/mol. The molecule has 0 bridgehead atoms. The van der Waals surface area contributed by atoms with Gasteiger partial charge in [0.2, 0.25) is 0 Å². The average molecular weight is 282 g/mol. The van der Waals surface area contributed by atoms with E-state index >= 15 is 0 Å². The normalized spacial score (nSPS) is 13.8. The van der Waals surface area contributed by atoms with E-state index in [2.05, 4.69) is 10.5 Å². The number of benzene rings is 2. The largest absolute Gasteiger partial charge is 0.411 e. The number of nitrogens with one attached hydrogen (secondary N) is 1. The summed E-state index contributed by atoms with van der Waals surface area (Å²) in [4.78, 5) is 0. The molecule has 1 saturated carbocycles. The van der Waals surface area contributed by atoms with Gasteiger partial charge in [0.05, 0.1) is 5.71 Å².